The lowest BCUT2D eigenvalue weighted by Crippen LogP contribution is -2.19. The third-order valence-electron chi connectivity index (χ3n) is 1.81. The summed E-state index contributed by atoms with van der Waals surface area (Å²) in [5.41, 5.74) is 0.979. The van der Waals surface area contributed by atoms with E-state index in [9.17, 15) is 0 Å². The van der Waals surface area contributed by atoms with E-state index in [2.05, 4.69) is 15.6 Å². The fourth-order valence-corrected chi connectivity index (χ4v) is 1.24. The molecule has 0 aliphatic carbocycles. The summed E-state index contributed by atoms with van der Waals surface area (Å²) in [6.07, 6.45) is 1.76. The molecule has 1 aliphatic heterocycles. The minimum atomic E-state index is 0.702. The first-order valence-corrected chi connectivity index (χ1v) is 3.95. The maximum absolute atomic E-state index is 5.46. The van der Waals surface area contributed by atoms with Crippen molar-refractivity contribution in [3.05, 3.63) is 12.3 Å². The van der Waals surface area contributed by atoms with Crippen molar-refractivity contribution in [2.24, 2.45) is 0 Å². The summed E-state index contributed by atoms with van der Waals surface area (Å²) in [4.78, 5) is 4.15. The number of nitrogens with one attached hydrogen (secondary N) is 2. The van der Waals surface area contributed by atoms with Crippen LogP contribution in [-0.2, 0) is 0 Å². The lowest BCUT2D eigenvalue weighted by atomic mass is 10.3. The molecular formula is C8H11N3O. The summed E-state index contributed by atoms with van der Waals surface area (Å²) in [5.74, 6) is 1.65. The summed E-state index contributed by atoms with van der Waals surface area (Å²) in [7, 11) is 1.87. The molecule has 4 nitrogen and oxygen atoms in total. The van der Waals surface area contributed by atoms with Crippen LogP contribution in [0.2, 0.25) is 0 Å². The van der Waals surface area contributed by atoms with E-state index < -0.39 is 0 Å². The number of fused-ring (bicyclic) bond motifs is 1. The first-order chi connectivity index (χ1) is 5.92. The molecule has 64 valence electrons. The highest BCUT2D eigenvalue weighted by molar-refractivity contribution is 5.67. The van der Waals surface area contributed by atoms with Gasteiger partial charge in [0.15, 0.2) is 11.6 Å². The SMILES string of the molecule is CNc1ccnc2c1OCCN2. The zero-order chi connectivity index (χ0) is 8.39. The molecule has 0 fully saturated rings. The van der Waals surface area contributed by atoms with Crippen LogP contribution in [0.3, 0.4) is 0 Å². The Morgan fingerprint density at radius 2 is 2.58 bits per heavy atom. The van der Waals surface area contributed by atoms with E-state index in [1.54, 1.807) is 6.20 Å². The van der Waals surface area contributed by atoms with Crippen molar-refractivity contribution in [2.75, 3.05) is 30.8 Å². The van der Waals surface area contributed by atoms with E-state index >= 15 is 0 Å². The summed E-state index contributed by atoms with van der Waals surface area (Å²) in [6.45, 7) is 1.53. The van der Waals surface area contributed by atoms with Gasteiger partial charge < -0.3 is 15.4 Å². The van der Waals surface area contributed by atoms with Crippen molar-refractivity contribution < 1.29 is 4.74 Å². The molecule has 0 saturated heterocycles. The van der Waals surface area contributed by atoms with Crippen molar-refractivity contribution in [2.45, 2.75) is 0 Å². The highest BCUT2D eigenvalue weighted by Crippen LogP contribution is 2.32. The summed E-state index contributed by atoms with van der Waals surface area (Å²) < 4.78 is 5.46. The van der Waals surface area contributed by atoms with Gasteiger partial charge in [-0.05, 0) is 6.07 Å². The fraction of sp³-hybridized carbons (Fsp3) is 0.375. The monoisotopic (exact) mass is 165 g/mol. The first kappa shape index (κ1) is 7.21. The van der Waals surface area contributed by atoms with Crippen LogP contribution in [0.5, 0.6) is 5.75 Å². The second kappa shape index (κ2) is 2.89. The number of rotatable bonds is 1. The summed E-state index contributed by atoms with van der Waals surface area (Å²) >= 11 is 0. The standard InChI is InChI=1S/C8H11N3O/c1-9-6-2-3-10-8-7(6)12-5-4-11-8/h2-3H,4-5H2,1H3,(H2,9,10,11). The molecule has 0 bridgehead atoms. The topological polar surface area (TPSA) is 46.2 Å². The molecule has 1 aliphatic rings. The van der Waals surface area contributed by atoms with E-state index in [0.717, 1.165) is 23.8 Å². The quantitative estimate of drug-likeness (QED) is 0.649. The Hall–Kier alpha value is -1.45. The molecule has 1 aromatic heterocycles. The predicted molar refractivity (Wildman–Crippen MR) is 47.8 cm³/mol. The number of nitrogens with zero attached hydrogens (tertiary/aromatic N) is 1. The van der Waals surface area contributed by atoms with Crippen molar-refractivity contribution >= 4 is 11.5 Å². The van der Waals surface area contributed by atoms with Crippen LogP contribution in [-0.4, -0.2) is 25.2 Å². The average Bonchev–Trinajstić information content (AvgIpc) is 2.17. The maximum Gasteiger partial charge on any atom is 0.184 e. The van der Waals surface area contributed by atoms with Crippen LogP contribution in [0, 0.1) is 0 Å². The first-order valence-electron chi connectivity index (χ1n) is 3.95. The molecule has 1 aromatic rings. The Bertz CT molecular complexity index is 273. The molecular weight excluding hydrogens is 154 g/mol. The molecule has 0 radical (unpaired) electrons. The zero-order valence-electron chi connectivity index (χ0n) is 6.92. The van der Waals surface area contributed by atoms with E-state index in [-0.39, 0.29) is 0 Å². The van der Waals surface area contributed by atoms with E-state index in [1.807, 2.05) is 13.1 Å². The molecule has 0 amide bonds. The van der Waals surface area contributed by atoms with Gasteiger partial charge in [-0.3, -0.25) is 0 Å². The minimum absolute atomic E-state index is 0.702. The molecule has 0 spiro atoms. The number of hydrogen-bond acceptors (Lipinski definition) is 4. The number of ether oxygens (including phenoxy) is 1. The predicted octanol–water partition coefficient (Wildman–Crippen LogP) is 0.928. The van der Waals surface area contributed by atoms with Crippen LogP contribution in [0.25, 0.3) is 0 Å². The van der Waals surface area contributed by atoms with Gasteiger partial charge in [-0.25, -0.2) is 4.98 Å². The van der Waals surface area contributed by atoms with Gasteiger partial charge in [0.1, 0.15) is 6.61 Å². The lowest BCUT2D eigenvalue weighted by Gasteiger charge is -2.20. The second-order valence-electron chi connectivity index (χ2n) is 2.56. The Morgan fingerprint density at radius 1 is 1.67 bits per heavy atom. The van der Waals surface area contributed by atoms with Gasteiger partial charge in [-0.1, -0.05) is 0 Å². The van der Waals surface area contributed by atoms with Crippen molar-refractivity contribution in [1.29, 1.82) is 0 Å². The third kappa shape index (κ3) is 1.05. The molecule has 0 unspecified atom stereocenters. The fourth-order valence-electron chi connectivity index (χ4n) is 1.24. The van der Waals surface area contributed by atoms with E-state index in [0.29, 0.717) is 6.61 Å². The van der Waals surface area contributed by atoms with Crippen LogP contribution in [0.4, 0.5) is 11.5 Å². The Labute approximate surface area is 71.0 Å². The van der Waals surface area contributed by atoms with Gasteiger partial charge in [0.05, 0.1) is 12.2 Å². The van der Waals surface area contributed by atoms with Gasteiger partial charge in [0.25, 0.3) is 0 Å². The molecule has 0 saturated carbocycles. The smallest absolute Gasteiger partial charge is 0.184 e. The molecule has 2 N–H and O–H groups in total. The Kier molecular flexibility index (Phi) is 1.74. The molecule has 2 heterocycles. The Morgan fingerprint density at radius 3 is 3.42 bits per heavy atom. The number of aromatic nitrogens is 1. The molecule has 4 heteroatoms. The number of pyridine rings is 1. The van der Waals surface area contributed by atoms with Crippen LogP contribution >= 0.6 is 0 Å². The van der Waals surface area contributed by atoms with Crippen molar-refractivity contribution in [3.63, 3.8) is 0 Å². The van der Waals surface area contributed by atoms with Crippen LogP contribution < -0.4 is 15.4 Å². The molecule has 12 heavy (non-hydrogen) atoms. The van der Waals surface area contributed by atoms with Crippen molar-refractivity contribution in [1.82, 2.24) is 4.98 Å². The summed E-state index contributed by atoms with van der Waals surface area (Å²) in [6, 6.07) is 1.89. The largest absolute Gasteiger partial charge is 0.486 e. The molecule has 0 atom stereocenters. The van der Waals surface area contributed by atoms with Gasteiger partial charge in [-0.15, -0.1) is 0 Å². The normalized spacial score (nSPS) is 14.1. The van der Waals surface area contributed by atoms with Gasteiger partial charge in [0.2, 0.25) is 0 Å². The highest BCUT2D eigenvalue weighted by Gasteiger charge is 2.13. The van der Waals surface area contributed by atoms with Gasteiger partial charge in [0, 0.05) is 13.2 Å². The number of hydrogen-bond donors (Lipinski definition) is 2. The lowest BCUT2D eigenvalue weighted by molar-refractivity contribution is 0.323. The maximum atomic E-state index is 5.46. The zero-order valence-corrected chi connectivity index (χ0v) is 6.92. The van der Waals surface area contributed by atoms with Gasteiger partial charge in [-0.2, -0.15) is 0 Å². The van der Waals surface area contributed by atoms with Crippen LogP contribution in [0.1, 0.15) is 0 Å². The summed E-state index contributed by atoms with van der Waals surface area (Å²) in [5, 5.41) is 6.21. The van der Waals surface area contributed by atoms with E-state index in [4.69, 9.17) is 4.74 Å². The van der Waals surface area contributed by atoms with E-state index in [1.165, 1.54) is 0 Å². The van der Waals surface area contributed by atoms with Crippen molar-refractivity contribution in [3.8, 4) is 5.75 Å². The van der Waals surface area contributed by atoms with Gasteiger partial charge >= 0.3 is 0 Å². The second-order valence-corrected chi connectivity index (χ2v) is 2.56. The molecule has 0 aromatic carbocycles. The highest BCUT2D eigenvalue weighted by atomic mass is 16.5. The Balaban J connectivity index is 2.44. The van der Waals surface area contributed by atoms with Crippen LogP contribution in [0.15, 0.2) is 12.3 Å². The number of anilines is 2. The average molecular weight is 165 g/mol. The molecule has 2 rings (SSSR count). The minimum Gasteiger partial charge on any atom is -0.486 e. The third-order valence-corrected chi connectivity index (χ3v) is 1.81.